The minimum absolute atomic E-state index is 0.489. The molecule has 0 radical (unpaired) electrons. The van der Waals surface area contributed by atoms with Gasteiger partial charge in [0.25, 0.3) is 0 Å². The second-order valence-electron chi connectivity index (χ2n) is 4.12. The van der Waals surface area contributed by atoms with Gasteiger partial charge in [0, 0.05) is 19.9 Å². The smallest absolute Gasteiger partial charge is 0.207 e. The molecule has 2 rings (SSSR count). The zero-order valence-corrected chi connectivity index (χ0v) is 12.3. The first-order valence-electron chi connectivity index (χ1n) is 5.85. The fourth-order valence-corrected chi connectivity index (χ4v) is 2.08. The summed E-state index contributed by atoms with van der Waals surface area (Å²) >= 11 is 12.1. The van der Waals surface area contributed by atoms with Gasteiger partial charge in [-0.3, -0.25) is 0 Å². The number of nitrogens with zero attached hydrogens (tertiary/aromatic N) is 2. The first-order chi connectivity index (χ1) is 9.11. The van der Waals surface area contributed by atoms with Gasteiger partial charge in [-0.1, -0.05) is 29.3 Å². The van der Waals surface area contributed by atoms with Crippen LogP contribution in [0, 0.1) is 6.92 Å². The quantitative estimate of drug-likeness (QED) is 0.910. The molecule has 1 heterocycles. The molecule has 4 nitrogen and oxygen atoms in total. The molecule has 0 aliphatic carbocycles. The molecule has 0 saturated carbocycles. The lowest BCUT2D eigenvalue weighted by Crippen LogP contribution is -2.07. The molecule has 0 fully saturated rings. The SMILES string of the molecule is COCCn1cc(C)nc1Nc1cccc(Cl)c1Cl. The molecule has 0 aliphatic heterocycles. The number of halogens is 2. The van der Waals surface area contributed by atoms with Crippen molar-refractivity contribution in [3.63, 3.8) is 0 Å². The second kappa shape index (κ2) is 6.28. The van der Waals surface area contributed by atoms with Gasteiger partial charge < -0.3 is 14.6 Å². The van der Waals surface area contributed by atoms with Crippen molar-refractivity contribution in [2.45, 2.75) is 13.5 Å². The summed E-state index contributed by atoms with van der Waals surface area (Å²) in [7, 11) is 1.67. The van der Waals surface area contributed by atoms with Gasteiger partial charge in [0.1, 0.15) is 0 Å². The van der Waals surface area contributed by atoms with Crippen LogP contribution in [-0.4, -0.2) is 23.3 Å². The molecule has 0 aliphatic rings. The minimum atomic E-state index is 0.489. The zero-order chi connectivity index (χ0) is 13.8. The average molecular weight is 300 g/mol. The topological polar surface area (TPSA) is 39.1 Å². The largest absolute Gasteiger partial charge is 0.383 e. The normalized spacial score (nSPS) is 10.7. The summed E-state index contributed by atoms with van der Waals surface area (Å²) in [5.74, 6) is 0.721. The number of hydrogen-bond acceptors (Lipinski definition) is 3. The van der Waals surface area contributed by atoms with Crippen molar-refractivity contribution in [2.75, 3.05) is 19.0 Å². The number of ether oxygens (including phenoxy) is 1. The van der Waals surface area contributed by atoms with Gasteiger partial charge in [-0.15, -0.1) is 0 Å². The van der Waals surface area contributed by atoms with Crippen molar-refractivity contribution in [1.82, 2.24) is 9.55 Å². The monoisotopic (exact) mass is 299 g/mol. The molecular weight excluding hydrogens is 285 g/mol. The van der Waals surface area contributed by atoms with Gasteiger partial charge in [0.2, 0.25) is 5.95 Å². The summed E-state index contributed by atoms with van der Waals surface area (Å²) < 4.78 is 7.06. The summed E-state index contributed by atoms with van der Waals surface area (Å²) in [5, 5.41) is 4.19. The number of rotatable bonds is 5. The average Bonchev–Trinajstić information content (AvgIpc) is 2.73. The van der Waals surface area contributed by atoms with Crippen molar-refractivity contribution in [2.24, 2.45) is 0 Å². The highest BCUT2D eigenvalue weighted by Gasteiger charge is 2.09. The number of benzene rings is 1. The summed E-state index contributed by atoms with van der Waals surface area (Å²) in [6.07, 6.45) is 1.96. The van der Waals surface area contributed by atoms with Gasteiger partial charge in [-0.2, -0.15) is 0 Å². The summed E-state index contributed by atoms with van der Waals surface area (Å²) in [6, 6.07) is 5.45. The molecule has 0 spiro atoms. The van der Waals surface area contributed by atoms with E-state index in [2.05, 4.69) is 10.3 Å². The van der Waals surface area contributed by atoms with Crippen LogP contribution in [0.3, 0.4) is 0 Å². The molecule has 0 amide bonds. The maximum Gasteiger partial charge on any atom is 0.207 e. The molecular formula is C13H15Cl2N3O. The number of methoxy groups -OCH3 is 1. The molecule has 0 saturated heterocycles. The van der Waals surface area contributed by atoms with Gasteiger partial charge in [0.15, 0.2) is 0 Å². The molecule has 0 bridgehead atoms. The van der Waals surface area contributed by atoms with Crippen molar-refractivity contribution in [1.29, 1.82) is 0 Å². The zero-order valence-electron chi connectivity index (χ0n) is 10.8. The Morgan fingerprint density at radius 1 is 1.37 bits per heavy atom. The van der Waals surface area contributed by atoms with Crippen LogP contribution in [0.4, 0.5) is 11.6 Å². The maximum absolute atomic E-state index is 6.15. The second-order valence-corrected chi connectivity index (χ2v) is 4.90. The van der Waals surface area contributed by atoms with Crippen molar-refractivity contribution < 1.29 is 4.74 Å². The van der Waals surface area contributed by atoms with E-state index in [-0.39, 0.29) is 0 Å². The van der Waals surface area contributed by atoms with Crippen LogP contribution in [-0.2, 0) is 11.3 Å². The number of hydrogen-bond donors (Lipinski definition) is 1. The molecule has 0 unspecified atom stereocenters. The highest BCUT2D eigenvalue weighted by molar-refractivity contribution is 6.43. The number of imidazole rings is 1. The van der Waals surface area contributed by atoms with Gasteiger partial charge in [0.05, 0.1) is 28.0 Å². The third-order valence-corrected chi connectivity index (χ3v) is 3.45. The van der Waals surface area contributed by atoms with E-state index in [1.165, 1.54) is 0 Å². The molecule has 19 heavy (non-hydrogen) atoms. The Morgan fingerprint density at radius 3 is 2.89 bits per heavy atom. The Bertz CT molecular complexity index is 569. The van der Waals surface area contributed by atoms with E-state index < -0.39 is 0 Å². The number of aryl methyl sites for hydroxylation is 1. The first kappa shape index (κ1) is 14.2. The van der Waals surface area contributed by atoms with Crippen molar-refractivity contribution >= 4 is 34.8 Å². The summed E-state index contributed by atoms with van der Waals surface area (Å²) in [5.41, 5.74) is 1.66. The maximum atomic E-state index is 6.15. The molecule has 1 aromatic heterocycles. The molecule has 102 valence electrons. The predicted octanol–water partition coefficient (Wildman–Crippen LogP) is 3.89. The van der Waals surface area contributed by atoms with E-state index in [0.717, 1.165) is 23.9 Å². The summed E-state index contributed by atoms with van der Waals surface area (Å²) in [4.78, 5) is 4.42. The summed E-state index contributed by atoms with van der Waals surface area (Å²) in [6.45, 7) is 3.28. The lowest BCUT2D eigenvalue weighted by atomic mass is 10.3. The molecule has 1 aromatic carbocycles. The van der Waals surface area contributed by atoms with E-state index in [1.807, 2.05) is 29.8 Å². The van der Waals surface area contributed by atoms with Crippen LogP contribution in [0.1, 0.15) is 5.69 Å². The Morgan fingerprint density at radius 2 is 2.16 bits per heavy atom. The number of aromatic nitrogens is 2. The van der Waals surface area contributed by atoms with Crippen LogP contribution in [0.25, 0.3) is 0 Å². The van der Waals surface area contributed by atoms with Crippen LogP contribution in [0.2, 0.25) is 10.0 Å². The molecule has 6 heteroatoms. The van der Waals surface area contributed by atoms with Crippen LogP contribution in [0.15, 0.2) is 24.4 Å². The van der Waals surface area contributed by atoms with E-state index in [0.29, 0.717) is 16.7 Å². The Hall–Kier alpha value is -1.23. The molecule has 2 aromatic rings. The van der Waals surface area contributed by atoms with Gasteiger partial charge in [-0.05, 0) is 19.1 Å². The van der Waals surface area contributed by atoms with E-state index in [4.69, 9.17) is 27.9 Å². The van der Waals surface area contributed by atoms with Crippen molar-refractivity contribution in [3.05, 3.63) is 40.1 Å². The fourth-order valence-electron chi connectivity index (χ4n) is 1.73. The first-order valence-corrected chi connectivity index (χ1v) is 6.61. The number of nitrogens with one attached hydrogen (secondary N) is 1. The van der Waals surface area contributed by atoms with Crippen molar-refractivity contribution in [3.8, 4) is 0 Å². The third kappa shape index (κ3) is 3.41. The highest BCUT2D eigenvalue weighted by atomic mass is 35.5. The predicted molar refractivity (Wildman–Crippen MR) is 78.6 cm³/mol. The van der Waals surface area contributed by atoms with Crippen LogP contribution >= 0.6 is 23.2 Å². The van der Waals surface area contributed by atoms with E-state index >= 15 is 0 Å². The van der Waals surface area contributed by atoms with Crippen LogP contribution < -0.4 is 5.32 Å². The third-order valence-electron chi connectivity index (χ3n) is 2.63. The molecule has 1 N–H and O–H groups in total. The number of anilines is 2. The Balaban J connectivity index is 2.25. The highest BCUT2D eigenvalue weighted by Crippen LogP contribution is 2.31. The van der Waals surface area contributed by atoms with E-state index in [9.17, 15) is 0 Å². The minimum Gasteiger partial charge on any atom is -0.383 e. The lowest BCUT2D eigenvalue weighted by Gasteiger charge is -2.11. The standard InChI is InChI=1S/C13H15Cl2N3O/c1-9-8-18(6-7-19-2)13(16-9)17-11-5-3-4-10(14)12(11)15/h3-5,8H,6-7H2,1-2H3,(H,16,17). The van der Waals surface area contributed by atoms with Crippen LogP contribution in [0.5, 0.6) is 0 Å². The molecule has 0 atom stereocenters. The lowest BCUT2D eigenvalue weighted by molar-refractivity contribution is 0.188. The van der Waals surface area contributed by atoms with Gasteiger partial charge in [-0.25, -0.2) is 4.98 Å². The van der Waals surface area contributed by atoms with E-state index in [1.54, 1.807) is 13.2 Å². The Labute approximate surface area is 122 Å². The van der Waals surface area contributed by atoms with Gasteiger partial charge >= 0.3 is 0 Å². The Kier molecular flexibility index (Phi) is 4.69. The fraction of sp³-hybridized carbons (Fsp3) is 0.308.